The molecular weight excluding hydrogens is 1230 g/mol. The van der Waals surface area contributed by atoms with Crippen LogP contribution < -0.4 is 4.89 Å². The van der Waals surface area contributed by atoms with Crippen LogP contribution in [-0.4, -0.2) is 70.0 Å². The van der Waals surface area contributed by atoms with Crippen molar-refractivity contribution in [2.24, 2.45) is 0 Å². The molecule has 0 heterocycles. The topological polar surface area (TPSA) is 111 Å². The fourth-order valence-corrected chi connectivity index (χ4v) is 12.5. The molecule has 0 aromatic rings. The molecule has 9 nitrogen and oxygen atoms in total. The number of phosphoric ester groups is 1. The lowest BCUT2D eigenvalue weighted by Gasteiger charge is -2.28. The third-order valence-electron chi connectivity index (χ3n) is 18.0. The highest BCUT2D eigenvalue weighted by molar-refractivity contribution is 7.45. The average molecular weight is 1390 g/mol. The van der Waals surface area contributed by atoms with Gasteiger partial charge in [-0.1, -0.05) is 379 Å². The summed E-state index contributed by atoms with van der Waals surface area (Å²) in [6.45, 7) is 4.06. The van der Waals surface area contributed by atoms with E-state index < -0.39 is 26.5 Å². The van der Waals surface area contributed by atoms with Crippen LogP contribution in [0.15, 0.2) is 122 Å². The fraction of sp³-hybridized carbons (Fsp3) is 0.750. The second-order valence-corrected chi connectivity index (χ2v) is 30.1. The summed E-state index contributed by atoms with van der Waals surface area (Å²) in [5.41, 5.74) is 0. The van der Waals surface area contributed by atoms with Crippen LogP contribution in [0.25, 0.3) is 0 Å². The van der Waals surface area contributed by atoms with Crippen molar-refractivity contribution < 1.29 is 42.1 Å². The van der Waals surface area contributed by atoms with Gasteiger partial charge in [0.25, 0.3) is 7.82 Å². The van der Waals surface area contributed by atoms with E-state index >= 15 is 0 Å². The lowest BCUT2D eigenvalue weighted by Crippen LogP contribution is -2.37. The first-order valence-corrected chi connectivity index (χ1v) is 42.7. The van der Waals surface area contributed by atoms with Crippen LogP contribution in [0.2, 0.25) is 0 Å². The zero-order chi connectivity index (χ0) is 71.1. The highest BCUT2D eigenvalue weighted by atomic mass is 31.2. The molecule has 0 rings (SSSR count). The Kier molecular flexibility index (Phi) is 74.7. The number of hydrogen-bond acceptors (Lipinski definition) is 8. The monoisotopic (exact) mass is 1390 g/mol. The van der Waals surface area contributed by atoms with Crippen molar-refractivity contribution in [2.75, 3.05) is 47.5 Å². The van der Waals surface area contributed by atoms with Crippen LogP contribution in [0.5, 0.6) is 0 Å². The minimum atomic E-state index is -4.65. The summed E-state index contributed by atoms with van der Waals surface area (Å²) in [5, 5.41) is 0. The zero-order valence-corrected chi connectivity index (χ0v) is 65.6. The van der Waals surface area contributed by atoms with Gasteiger partial charge >= 0.3 is 11.9 Å². The average Bonchev–Trinajstić information content (AvgIpc) is 1.14. The van der Waals surface area contributed by atoms with Crippen LogP contribution in [0, 0.1) is 0 Å². The molecule has 0 bridgehead atoms. The van der Waals surface area contributed by atoms with Crippen molar-refractivity contribution in [1.29, 1.82) is 0 Å². The first kappa shape index (κ1) is 94.4. The SMILES string of the molecule is CC/C=C\C/C=C\C/C=C\C/C=C\C/C=C\CCCCCCCCCCCCCCCCCCCCCCCC(=O)OCC(COP(=O)([O-])OCC[N+](C)(C)C)OC(=O)CCCCCCCCCCCCCCCCCCCCCCC/C=C\C/C=C\C/C=C\C/C=C\C/C=C\CC. The molecule has 10 heteroatoms. The van der Waals surface area contributed by atoms with E-state index in [1.807, 2.05) is 21.1 Å². The zero-order valence-electron chi connectivity index (χ0n) is 64.7. The highest BCUT2D eigenvalue weighted by Gasteiger charge is 2.22. The van der Waals surface area contributed by atoms with Gasteiger partial charge in [0, 0.05) is 12.8 Å². The number of carbonyl (C=O) groups is 2. The first-order valence-electron chi connectivity index (χ1n) is 41.2. The molecule has 0 aromatic heterocycles. The van der Waals surface area contributed by atoms with Crippen LogP contribution >= 0.6 is 7.82 Å². The molecule has 2 atom stereocenters. The molecule has 566 valence electrons. The highest BCUT2D eigenvalue weighted by Crippen LogP contribution is 2.38. The van der Waals surface area contributed by atoms with Gasteiger partial charge < -0.3 is 27.9 Å². The van der Waals surface area contributed by atoms with E-state index in [1.165, 1.54) is 238 Å². The third-order valence-corrected chi connectivity index (χ3v) is 18.9. The number of likely N-dealkylation sites (N-methyl/N-ethyl adjacent to an activating group) is 1. The van der Waals surface area contributed by atoms with E-state index in [9.17, 15) is 19.0 Å². The molecule has 0 saturated carbocycles. The number of esters is 2. The number of unbranched alkanes of at least 4 members (excludes halogenated alkanes) is 42. The first-order chi connectivity index (χ1) is 48.0. The number of hydrogen-bond donors (Lipinski definition) is 0. The van der Waals surface area contributed by atoms with Crippen LogP contribution in [0.4, 0.5) is 0 Å². The number of phosphoric acid groups is 1. The lowest BCUT2D eigenvalue weighted by atomic mass is 10.0. The molecule has 0 aliphatic carbocycles. The van der Waals surface area contributed by atoms with Gasteiger partial charge in [-0.05, 0) is 103 Å². The van der Waals surface area contributed by atoms with Crippen molar-refractivity contribution in [1.82, 2.24) is 0 Å². The van der Waals surface area contributed by atoms with Crippen molar-refractivity contribution in [3.05, 3.63) is 122 Å². The van der Waals surface area contributed by atoms with Crippen molar-refractivity contribution in [3.63, 3.8) is 0 Å². The predicted octanol–water partition coefficient (Wildman–Crippen LogP) is 27.1. The predicted molar refractivity (Wildman–Crippen MR) is 425 cm³/mol. The number of nitrogens with zero attached hydrogens (tertiary/aromatic N) is 1. The summed E-state index contributed by atoms with van der Waals surface area (Å²) in [6, 6.07) is 0. The Labute approximate surface area is 607 Å². The van der Waals surface area contributed by atoms with Gasteiger partial charge in [0.1, 0.15) is 19.8 Å². The van der Waals surface area contributed by atoms with Crippen molar-refractivity contribution >= 4 is 19.8 Å². The van der Waals surface area contributed by atoms with E-state index in [-0.39, 0.29) is 32.0 Å². The van der Waals surface area contributed by atoms with Crippen LogP contribution in [0.3, 0.4) is 0 Å². The Hall–Kier alpha value is -3.59. The molecule has 0 saturated heterocycles. The molecule has 0 fully saturated rings. The summed E-state index contributed by atoms with van der Waals surface area (Å²) in [5.74, 6) is -0.816. The number of quaternary nitrogens is 1. The second kappa shape index (κ2) is 77.6. The molecule has 0 aliphatic rings. The maximum absolute atomic E-state index is 12.9. The van der Waals surface area contributed by atoms with Gasteiger partial charge in [-0.25, -0.2) is 0 Å². The molecule has 2 unspecified atom stereocenters. The second-order valence-electron chi connectivity index (χ2n) is 28.7. The minimum absolute atomic E-state index is 0.0314. The fourth-order valence-electron chi connectivity index (χ4n) is 11.8. The summed E-state index contributed by atoms with van der Waals surface area (Å²) in [7, 11) is 1.18. The van der Waals surface area contributed by atoms with Gasteiger partial charge in [-0.3, -0.25) is 14.2 Å². The van der Waals surface area contributed by atoms with Gasteiger partial charge in [0.15, 0.2) is 6.10 Å². The molecule has 0 spiro atoms. The molecule has 0 aliphatic heterocycles. The van der Waals surface area contributed by atoms with E-state index in [4.69, 9.17) is 18.5 Å². The molecule has 0 N–H and O–H groups in total. The van der Waals surface area contributed by atoms with Gasteiger partial charge in [0.05, 0.1) is 27.7 Å². The summed E-state index contributed by atoms with van der Waals surface area (Å²) in [4.78, 5) is 38.2. The maximum atomic E-state index is 12.9. The van der Waals surface area contributed by atoms with E-state index in [2.05, 4.69) is 135 Å². The largest absolute Gasteiger partial charge is 0.756 e. The molecule has 0 radical (unpaired) electrons. The van der Waals surface area contributed by atoms with E-state index in [0.717, 1.165) is 103 Å². The molecular formula is C88H156NO8P. The maximum Gasteiger partial charge on any atom is 0.306 e. The summed E-state index contributed by atoms with van der Waals surface area (Å²) < 4.78 is 34.5. The van der Waals surface area contributed by atoms with Crippen LogP contribution in [0.1, 0.15) is 373 Å². The molecule has 98 heavy (non-hydrogen) atoms. The molecule has 0 aromatic carbocycles. The smallest absolute Gasteiger partial charge is 0.306 e. The quantitative estimate of drug-likeness (QED) is 0.0195. The number of rotatable bonds is 76. The number of carbonyl (C=O) groups excluding carboxylic acids is 2. The van der Waals surface area contributed by atoms with Crippen LogP contribution in [-0.2, 0) is 32.7 Å². The summed E-state index contributed by atoms with van der Waals surface area (Å²) >= 11 is 0. The number of ether oxygens (including phenoxy) is 2. The van der Waals surface area contributed by atoms with Gasteiger partial charge in [-0.2, -0.15) is 0 Å². The van der Waals surface area contributed by atoms with Gasteiger partial charge in [-0.15, -0.1) is 0 Å². The third kappa shape index (κ3) is 81.4. The normalized spacial score (nSPS) is 13.7. The van der Waals surface area contributed by atoms with Crippen molar-refractivity contribution in [2.45, 2.75) is 380 Å². The standard InChI is InChI=1S/C88H156NO8P/c1-6-8-10-12-14-16-18-20-22-24-26-28-30-32-34-36-38-40-42-44-46-48-50-52-54-56-58-60-62-64-66-68-70-72-74-76-78-80-87(90)94-84-86(85-96-98(92,93)95-83-82-89(3,4)5)97-88(91)81-79-77-75-73-71-69-67-65-63-61-59-57-55-53-51-49-47-45-43-41-39-37-35-33-31-29-27-25-23-21-19-17-15-13-11-9-7-2/h8-11,14-17,20-23,26-29,32-35,86H,6-7,12-13,18-19,24-25,30-31,36-85H2,1-5H3/b10-8-,11-9-,16-14-,17-15-,22-20-,23-21-,28-26-,29-27-,34-32-,35-33-. The summed E-state index contributed by atoms with van der Waals surface area (Å²) in [6.07, 6.45) is 112. The molecule has 0 amide bonds. The Balaban J connectivity index is 3.92. The lowest BCUT2D eigenvalue weighted by molar-refractivity contribution is -0.870. The van der Waals surface area contributed by atoms with Gasteiger partial charge in [0.2, 0.25) is 0 Å². The Morgan fingerprint density at radius 3 is 0.816 bits per heavy atom. The van der Waals surface area contributed by atoms with E-state index in [1.54, 1.807) is 0 Å². The Morgan fingerprint density at radius 2 is 0.551 bits per heavy atom. The number of allylic oxidation sites excluding steroid dienone is 20. The Bertz CT molecular complexity index is 2070. The Morgan fingerprint density at radius 1 is 0.316 bits per heavy atom. The minimum Gasteiger partial charge on any atom is -0.756 e. The van der Waals surface area contributed by atoms with Crippen molar-refractivity contribution in [3.8, 4) is 0 Å². The van der Waals surface area contributed by atoms with E-state index in [0.29, 0.717) is 17.4 Å².